The predicted octanol–water partition coefficient (Wildman–Crippen LogP) is 1.59. The van der Waals surface area contributed by atoms with Crippen LogP contribution in [0.1, 0.15) is 0 Å². The molecule has 1 rings (SSSR count). The zero-order chi connectivity index (χ0) is 8.43. The molecule has 60 valence electrons. The van der Waals surface area contributed by atoms with Crippen molar-refractivity contribution in [3.8, 4) is 0 Å². The summed E-state index contributed by atoms with van der Waals surface area (Å²) in [6.45, 7) is 0. The maximum Gasteiger partial charge on any atom is 0.151 e. The summed E-state index contributed by atoms with van der Waals surface area (Å²) in [6.07, 6.45) is 0. The number of halogens is 2. The maximum absolute atomic E-state index is 12.7. The number of nitrogens with one attached hydrogen (secondary N) is 1. The molecular formula is C7H8F2N2. The molecule has 1 aromatic carbocycles. The van der Waals surface area contributed by atoms with Gasteiger partial charge >= 0.3 is 0 Å². The number of hydrogen-bond acceptors (Lipinski definition) is 2. The van der Waals surface area contributed by atoms with Crippen molar-refractivity contribution in [3.63, 3.8) is 0 Å². The zero-order valence-electron chi connectivity index (χ0n) is 5.99. The van der Waals surface area contributed by atoms with Crippen LogP contribution in [0.15, 0.2) is 12.1 Å². The molecule has 0 spiro atoms. The number of nitrogens with two attached hydrogens (primary N) is 1. The third-order valence-electron chi connectivity index (χ3n) is 1.34. The van der Waals surface area contributed by atoms with Gasteiger partial charge in [-0.3, -0.25) is 0 Å². The van der Waals surface area contributed by atoms with E-state index >= 15 is 0 Å². The van der Waals surface area contributed by atoms with Crippen LogP contribution in [0.2, 0.25) is 0 Å². The maximum atomic E-state index is 12.7. The van der Waals surface area contributed by atoms with Crippen LogP contribution >= 0.6 is 0 Å². The number of benzene rings is 1. The smallest absolute Gasteiger partial charge is 0.151 e. The molecule has 0 saturated carbocycles. The first-order chi connectivity index (χ1) is 5.15. The van der Waals surface area contributed by atoms with Gasteiger partial charge in [-0.1, -0.05) is 0 Å². The summed E-state index contributed by atoms with van der Waals surface area (Å²) in [7, 11) is 1.52. The first kappa shape index (κ1) is 7.78. The molecule has 0 amide bonds. The van der Waals surface area contributed by atoms with E-state index < -0.39 is 11.6 Å². The fraction of sp³-hybridized carbons (Fsp3) is 0.143. The van der Waals surface area contributed by atoms with Crippen LogP contribution < -0.4 is 11.1 Å². The first-order valence-corrected chi connectivity index (χ1v) is 3.07. The number of rotatable bonds is 1. The van der Waals surface area contributed by atoms with Crippen LogP contribution in [-0.4, -0.2) is 7.05 Å². The molecule has 2 nitrogen and oxygen atoms in total. The second-order valence-corrected chi connectivity index (χ2v) is 2.10. The normalized spacial score (nSPS) is 9.73. The van der Waals surface area contributed by atoms with Crippen molar-refractivity contribution < 1.29 is 8.78 Å². The van der Waals surface area contributed by atoms with Gasteiger partial charge in [0.1, 0.15) is 5.82 Å². The molecule has 0 aliphatic carbocycles. The Bertz CT molecular complexity index is 250. The minimum Gasteiger partial charge on any atom is -0.397 e. The Balaban J connectivity index is 3.25. The fourth-order valence-corrected chi connectivity index (χ4v) is 0.857. The summed E-state index contributed by atoms with van der Waals surface area (Å²) >= 11 is 0. The molecule has 3 N–H and O–H groups in total. The Morgan fingerprint density at radius 2 is 2.00 bits per heavy atom. The minimum absolute atomic E-state index is 0.0741. The van der Waals surface area contributed by atoms with E-state index in [2.05, 4.69) is 5.32 Å². The average Bonchev–Trinajstić information content (AvgIpc) is 1.85. The van der Waals surface area contributed by atoms with Gasteiger partial charge in [0.05, 0.1) is 11.4 Å². The van der Waals surface area contributed by atoms with Gasteiger partial charge in [0, 0.05) is 13.1 Å². The fourth-order valence-electron chi connectivity index (χ4n) is 0.857. The van der Waals surface area contributed by atoms with Crippen LogP contribution in [0.4, 0.5) is 20.2 Å². The molecule has 11 heavy (non-hydrogen) atoms. The lowest BCUT2D eigenvalue weighted by Crippen LogP contribution is -1.99. The molecular weight excluding hydrogens is 150 g/mol. The molecule has 1 aromatic rings. The van der Waals surface area contributed by atoms with E-state index in [1.165, 1.54) is 7.05 Å². The summed E-state index contributed by atoms with van der Waals surface area (Å²) in [6, 6.07) is 1.84. The highest BCUT2D eigenvalue weighted by molar-refractivity contribution is 5.66. The highest BCUT2D eigenvalue weighted by Gasteiger charge is 2.05. The molecule has 0 heterocycles. The van der Waals surface area contributed by atoms with E-state index in [0.717, 1.165) is 12.1 Å². The highest BCUT2D eigenvalue weighted by atomic mass is 19.1. The molecule has 4 heteroatoms. The third kappa shape index (κ3) is 1.39. The van der Waals surface area contributed by atoms with Gasteiger partial charge in [0.15, 0.2) is 5.82 Å². The van der Waals surface area contributed by atoms with Gasteiger partial charge in [-0.25, -0.2) is 8.78 Å². The second-order valence-electron chi connectivity index (χ2n) is 2.10. The lowest BCUT2D eigenvalue weighted by molar-refractivity contribution is 0.587. The zero-order valence-corrected chi connectivity index (χ0v) is 5.99. The molecule has 0 atom stereocenters. The van der Waals surface area contributed by atoms with Crippen LogP contribution in [0.25, 0.3) is 0 Å². The van der Waals surface area contributed by atoms with E-state index in [-0.39, 0.29) is 11.4 Å². The molecule has 0 fully saturated rings. The highest BCUT2D eigenvalue weighted by Crippen LogP contribution is 2.22. The Hall–Kier alpha value is -1.32. The summed E-state index contributed by atoms with van der Waals surface area (Å²) in [5, 5.41) is 2.52. The van der Waals surface area contributed by atoms with E-state index in [9.17, 15) is 8.78 Å². The van der Waals surface area contributed by atoms with Crippen molar-refractivity contribution in [2.75, 3.05) is 18.1 Å². The minimum atomic E-state index is -0.676. The Kier molecular flexibility index (Phi) is 1.94. The lowest BCUT2D eigenvalue weighted by atomic mass is 10.2. The van der Waals surface area contributed by atoms with Crippen molar-refractivity contribution in [3.05, 3.63) is 23.8 Å². The van der Waals surface area contributed by atoms with E-state index in [0.29, 0.717) is 0 Å². The average molecular weight is 158 g/mol. The Labute approximate surface area is 63.0 Å². The van der Waals surface area contributed by atoms with Crippen molar-refractivity contribution >= 4 is 11.4 Å². The van der Waals surface area contributed by atoms with Crippen molar-refractivity contribution in [1.82, 2.24) is 0 Å². The molecule has 0 aromatic heterocycles. The Morgan fingerprint density at radius 3 is 2.45 bits per heavy atom. The molecule has 0 aliphatic heterocycles. The quantitative estimate of drug-likeness (QED) is 0.609. The third-order valence-corrected chi connectivity index (χ3v) is 1.34. The molecule has 0 aliphatic rings. The number of anilines is 2. The van der Waals surface area contributed by atoms with Crippen molar-refractivity contribution in [2.45, 2.75) is 0 Å². The predicted molar refractivity (Wildman–Crippen MR) is 40.3 cm³/mol. The van der Waals surface area contributed by atoms with Crippen molar-refractivity contribution in [1.29, 1.82) is 0 Å². The van der Waals surface area contributed by atoms with E-state index in [1.807, 2.05) is 0 Å². The van der Waals surface area contributed by atoms with Crippen LogP contribution in [0.3, 0.4) is 0 Å². The van der Waals surface area contributed by atoms with E-state index in [1.54, 1.807) is 0 Å². The molecule has 0 bridgehead atoms. The van der Waals surface area contributed by atoms with E-state index in [4.69, 9.17) is 5.73 Å². The molecule has 0 radical (unpaired) electrons. The molecule has 0 unspecified atom stereocenters. The molecule has 0 saturated heterocycles. The van der Waals surface area contributed by atoms with Gasteiger partial charge in [-0.2, -0.15) is 0 Å². The Morgan fingerprint density at radius 1 is 1.36 bits per heavy atom. The SMILES string of the molecule is CNc1c(N)cc(F)cc1F. The van der Waals surface area contributed by atoms with Gasteiger partial charge < -0.3 is 11.1 Å². The topological polar surface area (TPSA) is 38.0 Å². The van der Waals surface area contributed by atoms with Crippen LogP contribution in [-0.2, 0) is 0 Å². The number of nitrogen functional groups attached to an aromatic ring is 1. The number of hydrogen-bond donors (Lipinski definition) is 2. The largest absolute Gasteiger partial charge is 0.397 e. The van der Waals surface area contributed by atoms with Gasteiger partial charge in [0.25, 0.3) is 0 Å². The monoisotopic (exact) mass is 158 g/mol. The van der Waals surface area contributed by atoms with Crippen LogP contribution in [0.5, 0.6) is 0 Å². The van der Waals surface area contributed by atoms with Crippen LogP contribution in [0, 0.1) is 11.6 Å². The summed E-state index contributed by atoms with van der Waals surface area (Å²) in [4.78, 5) is 0. The van der Waals surface area contributed by atoms with Gasteiger partial charge in [0.2, 0.25) is 0 Å². The van der Waals surface area contributed by atoms with Crippen molar-refractivity contribution in [2.24, 2.45) is 0 Å². The summed E-state index contributed by atoms with van der Waals surface area (Å²) in [5.41, 5.74) is 5.50. The summed E-state index contributed by atoms with van der Waals surface area (Å²) in [5.74, 6) is -1.34. The summed E-state index contributed by atoms with van der Waals surface area (Å²) < 4.78 is 25.1. The lowest BCUT2D eigenvalue weighted by Gasteiger charge is -2.05. The first-order valence-electron chi connectivity index (χ1n) is 3.07. The second kappa shape index (κ2) is 2.74. The van der Waals surface area contributed by atoms with Gasteiger partial charge in [-0.05, 0) is 6.07 Å². The standard InChI is InChI=1S/C7H8F2N2/c1-11-7-5(9)2-4(8)3-6(7)10/h2-3,11H,10H2,1H3. The van der Waals surface area contributed by atoms with Gasteiger partial charge in [-0.15, -0.1) is 0 Å².